The molecule has 0 radical (unpaired) electrons. The molecule has 1 aromatic heterocycles. The van der Waals surface area contributed by atoms with Gasteiger partial charge in [-0.2, -0.15) is 0 Å². The number of nitrogens with one attached hydrogen (secondary N) is 1. The SMILES string of the molecule is CS[C@H](C(=O)NC[C@@H](C)c1nncn1C)c1ccccc1. The van der Waals surface area contributed by atoms with Gasteiger partial charge in [-0.1, -0.05) is 37.3 Å². The van der Waals surface area contributed by atoms with Gasteiger partial charge in [0.2, 0.25) is 5.91 Å². The minimum absolute atomic E-state index is 0.0303. The summed E-state index contributed by atoms with van der Waals surface area (Å²) in [6.45, 7) is 2.58. The van der Waals surface area contributed by atoms with Crippen LogP contribution in [0.1, 0.15) is 29.5 Å². The fraction of sp³-hybridized carbons (Fsp3) is 0.400. The van der Waals surface area contributed by atoms with Gasteiger partial charge >= 0.3 is 0 Å². The molecule has 6 heteroatoms. The summed E-state index contributed by atoms with van der Waals surface area (Å²) < 4.78 is 1.88. The molecule has 0 aliphatic rings. The van der Waals surface area contributed by atoms with E-state index in [4.69, 9.17) is 0 Å². The number of nitrogens with zero attached hydrogens (tertiary/aromatic N) is 3. The Kier molecular flexibility index (Phi) is 5.38. The van der Waals surface area contributed by atoms with E-state index in [9.17, 15) is 4.79 Å². The Morgan fingerprint density at radius 3 is 2.67 bits per heavy atom. The monoisotopic (exact) mass is 304 g/mol. The smallest absolute Gasteiger partial charge is 0.237 e. The number of hydrogen-bond donors (Lipinski definition) is 1. The van der Waals surface area contributed by atoms with Crippen molar-refractivity contribution in [2.24, 2.45) is 7.05 Å². The second-order valence-corrected chi connectivity index (χ2v) is 5.92. The van der Waals surface area contributed by atoms with E-state index in [1.165, 1.54) is 11.8 Å². The van der Waals surface area contributed by atoms with Crippen molar-refractivity contribution in [2.75, 3.05) is 12.8 Å². The first-order chi connectivity index (χ1) is 10.1. The third-order valence-corrected chi connectivity index (χ3v) is 4.30. The van der Waals surface area contributed by atoms with Crippen LogP contribution in [0.3, 0.4) is 0 Å². The maximum absolute atomic E-state index is 12.4. The van der Waals surface area contributed by atoms with Gasteiger partial charge in [0.1, 0.15) is 17.4 Å². The number of thioether (sulfide) groups is 1. The summed E-state index contributed by atoms with van der Waals surface area (Å²) in [6.07, 6.45) is 3.62. The first-order valence-electron chi connectivity index (χ1n) is 6.82. The lowest BCUT2D eigenvalue weighted by Crippen LogP contribution is -2.31. The number of amides is 1. The van der Waals surface area contributed by atoms with Gasteiger partial charge in [-0.25, -0.2) is 0 Å². The average molecular weight is 304 g/mol. The van der Waals surface area contributed by atoms with E-state index in [1.54, 1.807) is 6.33 Å². The average Bonchev–Trinajstić information content (AvgIpc) is 2.93. The van der Waals surface area contributed by atoms with Gasteiger partial charge in [0.15, 0.2) is 0 Å². The van der Waals surface area contributed by atoms with Crippen LogP contribution < -0.4 is 5.32 Å². The van der Waals surface area contributed by atoms with Crippen LogP contribution in [0.4, 0.5) is 0 Å². The molecule has 0 unspecified atom stereocenters. The largest absolute Gasteiger partial charge is 0.354 e. The highest BCUT2D eigenvalue weighted by atomic mass is 32.2. The summed E-state index contributed by atoms with van der Waals surface area (Å²) in [4.78, 5) is 12.4. The van der Waals surface area contributed by atoms with Gasteiger partial charge in [-0.3, -0.25) is 4.79 Å². The number of benzene rings is 1. The first-order valence-corrected chi connectivity index (χ1v) is 8.11. The van der Waals surface area contributed by atoms with Crippen molar-refractivity contribution in [1.29, 1.82) is 0 Å². The highest BCUT2D eigenvalue weighted by molar-refractivity contribution is 7.99. The van der Waals surface area contributed by atoms with Gasteiger partial charge in [-0.05, 0) is 11.8 Å². The summed E-state index contributed by atoms with van der Waals surface area (Å²) in [6, 6.07) is 9.82. The molecule has 2 rings (SSSR count). The molecule has 21 heavy (non-hydrogen) atoms. The second kappa shape index (κ2) is 7.26. The maximum Gasteiger partial charge on any atom is 0.237 e. The Labute approximate surface area is 129 Å². The fourth-order valence-electron chi connectivity index (χ4n) is 2.20. The summed E-state index contributed by atoms with van der Waals surface area (Å²) >= 11 is 1.54. The molecule has 112 valence electrons. The van der Waals surface area contributed by atoms with E-state index in [-0.39, 0.29) is 17.1 Å². The van der Waals surface area contributed by atoms with Crippen LogP contribution in [0.25, 0.3) is 0 Å². The summed E-state index contributed by atoms with van der Waals surface area (Å²) in [5.74, 6) is 1.03. The number of aromatic nitrogens is 3. The molecule has 1 heterocycles. The molecule has 1 aromatic carbocycles. The van der Waals surface area contributed by atoms with Crippen molar-refractivity contribution in [2.45, 2.75) is 18.1 Å². The van der Waals surface area contributed by atoms with E-state index >= 15 is 0 Å². The molecule has 0 spiro atoms. The minimum Gasteiger partial charge on any atom is -0.354 e. The van der Waals surface area contributed by atoms with Crippen molar-refractivity contribution in [3.8, 4) is 0 Å². The predicted molar refractivity (Wildman–Crippen MR) is 85.1 cm³/mol. The Bertz CT molecular complexity index is 584. The molecule has 0 aliphatic heterocycles. The zero-order valence-corrected chi connectivity index (χ0v) is 13.3. The van der Waals surface area contributed by atoms with Crippen molar-refractivity contribution in [1.82, 2.24) is 20.1 Å². The Morgan fingerprint density at radius 1 is 1.38 bits per heavy atom. The zero-order chi connectivity index (χ0) is 15.2. The van der Waals surface area contributed by atoms with E-state index in [0.717, 1.165) is 11.4 Å². The molecule has 1 amide bonds. The minimum atomic E-state index is -0.183. The van der Waals surface area contributed by atoms with Crippen LogP contribution >= 0.6 is 11.8 Å². The van der Waals surface area contributed by atoms with Gasteiger partial charge in [-0.15, -0.1) is 22.0 Å². The molecule has 0 fully saturated rings. The fourth-order valence-corrected chi connectivity index (χ4v) is 2.93. The number of aryl methyl sites for hydroxylation is 1. The molecule has 0 aliphatic carbocycles. The van der Waals surface area contributed by atoms with Crippen molar-refractivity contribution >= 4 is 17.7 Å². The molecule has 5 nitrogen and oxygen atoms in total. The van der Waals surface area contributed by atoms with Crippen LogP contribution in [0.5, 0.6) is 0 Å². The molecule has 0 saturated heterocycles. The highest BCUT2D eigenvalue weighted by Gasteiger charge is 2.20. The lowest BCUT2D eigenvalue weighted by atomic mass is 10.1. The number of carbonyl (C=O) groups is 1. The van der Waals surface area contributed by atoms with Crippen molar-refractivity contribution in [3.63, 3.8) is 0 Å². The molecule has 0 bridgehead atoms. The first kappa shape index (κ1) is 15.6. The normalized spacial score (nSPS) is 13.7. The molecule has 2 atom stereocenters. The van der Waals surface area contributed by atoms with Crippen molar-refractivity contribution in [3.05, 3.63) is 48.0 Å². The Morgan fingerprint density at radius 2 is 2.10 bits per heavy atom. The lowest BCUT2D eigenvalue weighted by molar-refractivity contribution is -0.120. The lowest BCUT2D eigenvalue weighted by Gasteiger charge is -2.17. The van der Waals surface area contributed by atoms with Gasteiger partial charge < -0.3 is 9.88 Å². The standard InChI is InChI=1S/C15H20N4OS/c1-11(14-18-17-10-19(14)2)9-16-15(20)13(21-3)12-7-5-4-6-8-12/h4-8,10-11,13H,9H2,1-3H3,(H,16,20)/t11-,13+/m1/s1. The van der Waals surface area contributed by atoms with E-state index in [1.807, 2.05) is 55.1 Å². The highest BCUT2D eigenvalue weighted by Crippen LogP contribution is 2.26. The quantitative estimate of drug-likeness (QED) is 0.888. The summed E-state index contributed by atoms with van der Waals surface area (Å²) in [5.41, 5.74) is 1.02. The third kappa shape index (κ3) is 3.85. The van der Waals surface area contributed by atoms with Gasteiger partial charge in [0.05, 0.1) is 0 Å². The molecule has 1 N–H and O–H groups in total. The number of rotatable bonds is 6. The van der Waals surface area contributed by atoms with E-state index in [2.05, 4.69) is 15.5 Å². The zero-order valence-electron chi connectivity index (χ0n) is 12.5. The molecule has 0 saturated carbocycles. The van der Waals surface area contributed by atoms with Crippen LogP contribution in [-0.4, -0.2) is 33.5 Å². The summed E-state index contributed by atoms with van der Waals surface area (Å²) in [5, 5.41) is 10.8. The van der Waals surface area contributed by atoms with E-state index in [0.29, 0.717) is 6.54 Å². The Balaban J connectivity index is 1.96. The van der Waals surface area contributed by atoms with E-state index < -0.39 is 0 Å². The second-order valence-electron chi connectivity index (χ2n) is 4.97. The molecule has 2 aromatic rings. The van der Waals surface area contributed by atoms with Crippen LogP contribution in [0.2, 0.25) is 0 Å². The van der Waals surface area contributed by atoms with Gasteiger partial charge in [0.25, 0.3) is 0 Å². The molecular formula is C15H20N4OS. The van der Waals surface area contributed by atoms with Crippen molar-refractivity contribution < 1.29 is 4.79 Å². The topological polar surface area (TPSA) is 59.8 Å². The van der Waals surface area contributed by atoms with Crippen LogP contribution in [0, 0.1) is 0 Å². The Hall–Kier alpha value is -1.82. The van der Waals surface area contributed by atoms with Crippen LogP contribution in [0.15, 0.2) is 36.7 Å². The van der Waals surface area contributed by atoms with Gasteiger partial charge in [0, 0.05) is 19.5 Å². The third-order valence-electron chi connectivity index (χ3n) is 3.35. The number of hydrogen-bond acceptors (Lipinski definition) is 4. The maximum atomic E-state index is 12.4. The van der Waals surface area contributed by atoms with Crippen LogP contribution in [-0.2, 0) is 11.8 Å². The summed E-state index contributed by atoms with van der Waals surface area (Å²) in [7, 11) is 1.91. The number of carbonyl (C=O) groups excluding carboxylic acids is 1. The predicted octanol–water partition coefficient (Wildman–Crippen LogP) is 2.14. The molecular weight excluding hydrogens is 284 g/mol.